The number of amides is 1. The maximum absolute atomic E-state index is 12.5. The van der Waals surface area contributed by atoms with Gasteiger partial charge in [0.1, 0.15) is 4.21 Å². The molecule has 0 aliphatic carbocycles. The minimum absolute atomic E-state index is 0. The second kappa shape index (κ2) is 11.2. The van der Waals surface area contributed by atoms with Crippen LogP contribution in [0.2, 0.25) is 0 Å². The summed E-state index contributed by atoms with van der Waals surface area (Å²) in [6, 6.07) is 3.47. The number of carbonyl (C=O) groups is 1. The molecule has 0 bridgehead atoms. The Balaban J connectivity index is 0.00000625. The average Bonchev–Trinajstić information content (AvgIpc) is 3.07. The highest BCUT2D eigenvalue weighted by Crippen LogP contribution is 2.26. The third-order valence-electron chi connectivity index (χ3n) is 4.82. The number of carbonyl (C=O) groups excluding carboxylic acids is 1. The van der Waals surface area contributed by atoms with Crippen LogP contribution in [0.5, 0.6) is 0 Å². The van der Waals surface area contributed by atoms with Crippen molar-refractivity contribution in [2.24, 2.45) is 11.1 Å². The van der Waals surface area contributed by atoms with Gasteiger partial charge in [-0.25, -0.2) is 8.42 Å². The smallest absolute Gasteiger partial charge is 0.252 e. The van der Waals surface area contributed by atoms with E-state index in [9.17, 15) is 13.2 Å². The predicted molar refractivity (Wildman–Crippen MR) is 110 cm³/mol. The maximum Gasteiger partial charge on any atom is 0.252 e. The van der Waals surface area contributed by atoms with Crippen LogP contribution in [-0.2, 0) is 21.2 Å². The molecule has 9 heteroatoms. The summed E-state index contributed by atoms with van der Waals surface area (Å²) < 4.78 is 26.8. The van der Waals surface area contributed by atoms with E-state index in [4.69, 9.17) is 5.73 Å². The van der Waals surface area contributed by atoms with E-state index in [0.717, 1.165) is 4.88 Å². The van der Waals surface area contributed by atoms with Crippen LogP contribution < -0.4 is 11.1 Å². The van der Waals surface area contributed by atoms with Crippen LogP contribution in [0.15, 0.2) is 16.3 Å². The van der Waals surface area contributed by atoms with E-state index >= 15 is 0 Å². The van der Waals surface area contributed by atoms with E-state index in [1.807, 2.05) is 33.8 Å². The number of halogens is 1. The summed E-state index contributed by atoms with van der Waals surface area (Å²) in [7, 11) is -3.41. The summed E-state index contributed by atoms with van der Waals surface area (Å²) in [5.41, 5.74) is 5.28. The van der Waals surface area contributed by atoms with Crippen molar-refractivity contribution >= 4 is 39.7 Å². The van der Waals surface area contributed by atoms with Crippen molar-refractivity contribution in [3.63, 3.8) is 0 Å². The number of rotatable bonds is 11. The van der Waals surface area contributed by atoms with Crippen LogP contribution in [0.1, 0.15) is 45.4 Å². The Bertz CT molecular complexity index is 646. The topological polar surface area (TPSA) is 92.5 Å². The van der Waals surface area contributed by atoms with Crippen molar-refractivity contribution in [2.75, 3.05) is 26.2 Å². The number of nitrogens with one attached hydrogen (secondary N) is 1. The molecule has 152 valence electrons. The van der Waals surface area contributed by atoms with Gasteiger partial charge in [0.15, 0.2) is 0 Å². The lowest BCUT2D eigenvalue weighted by molar-refractivity contribution is -0.131. The van der Waals surface area contributed by atoms with Gasteiger partial charge in [0.2, 0.25) is 5.91 Å². The molecular weight excluding hydrogens is 394 g/mol. The number of thiophene rings is 1. The average molecular weight is 426 g/mol. The molecule has 0 saturated heterocycles. The van der Waals surface area contributed by atoms with Gasteiger partial charge in [-0.2, -0.15) is 4.31 Å². The largest absolute Gasteiger partial charge is 0.355 e. The first-order valence-corrected chi connectivity index (χ1v) is 11.1. The highest BCUT2D eigenvalue weighted by molar-refractivity contribution is 7.91. The fourth-order valence-electron chi connectivity index (χ4n) is 2.76. The van der Waals surface area contributed by atoms with Gasteiger partial charge >= 0.3 is 0 Å². The van der Waals surface area contributed by atoms with Crippen molar-refractivity contribution < 1.29 is 13.2 Å². The molecule has 0 aromatic carbocycles. The van der Waals surface area contributed by atoms with E-state index in [0.29, 0.717) is 49.7 Å². The first-order chi connectivity index (χ1) is 11.8. The highest BCUT2D eigenvalue weighted by atomic mass is 35.5. The Kier molecular flexibility index (Phi) is 10.9. The SMILES string of the molecule is CCN(CC)S(=O)(=O)c1ccc(CCNC(=O)C(CC)(CC)CN)s1.Cl. The lowest BCUT2D eigenvalue weighted by Gasteiger charge is -2.28. The van der Waals surface area contributed by atoms with Gasteiger partial charge in [0.25, 0.3) is 10.0 Å². The standard InChI is InChI=1S/C17H31N3O3S2.ClH/c1-5-17(6-2,13-18)16(21)19-12-11-14-9-10-15(24-14)25(22,23)20(7-3)8-4;/h9-10H,5-8,11-13,18H2,1-4H3,(H,19,21);1H. The van der Waals surface area contributed by atoms with Gasteiger partial charge in [0.05, 0.1) is 5.41 Å². The third kappa shape index (κ3) is 5.66. The van der Waals surface area contributed by atoms with Gasteiger partial charge in [-0.05, 0) is 31.4 Å². The van der Waals surface area contributed by atoms with Crippen LogP contribution in [0.4, 0.5) is 0 Å². The normalized spacial score (nSPS) is 12.1. The zero-order valence-electron chi connectivity index (χ0n) is 16.1. The van der Waals surface area contributed by atoms with Crippen molar-refractivity contribution in [3.8, 4) is 0 Å². The number of hydrogen-bond acceptors (Lipinski definition) is 5. The van der Waals surface area contributed by atoms with E-state index < -0.39 is 15.4 Å². The molecule has 6 nitrogen and oxygen atoms in total. The zero-order valence-corrected chi connectivity index (χ0v) is 18.5. The fraction of sp³-hybridized carbons (Fsp3) is 0.706. The first-order valence-electron chi connectivity index (χ1n) is 8.88. The summed E-state index contributed by atoms with van der Waals surface area (Å²) >= 11 is 1.27. The molecule has 0 unspecified atom stereocenters. The molecule has 1 heterocycles. The van der Waals surface area contributed by atoms with Crippen molar-refractivity contribution in [1.82, 2.24) is 9.62 Å². The molecule has 26 heavy (non-hydrogen) atoms. The summed E-state index contributed by atoms with van der Waals surface area (Å²) in [4.78, 5) is 13.3. The molecule has 1 rings (SSSR count). The van der Waals surface area contributed by atoms with E-state index in [2.05, 4.69) is 5.32 Å². The van der Waals surface area contributed by atoms with Gasteiger partial charge in [-0.1, -0.05) is 27.7 Å². The van der Waals surface area contributed by atoms with Gasteiger partial charge in [0, 0.05) is 31.1 Å². The van der Waals surface area contributed by atoms with Gasteiger partial charge in [-0.15, -0.1) is 23.7 Å². The summed E-state index contributed by atoms with van der Waals surface area (Å²) in [6.45, 7) is 9.32. The second-order valence-electron chi connectivity index (χ2n) is 6.01. The number of nitrogens with two attached hydrogens (primary N) is 1. The first kappa shape index (κ1) is 25.3. The number of sulfonamides is 1. The fourth-order valence-corrected chi connectivity index (χ4v) is 5.73. The highest BCUT2D eigenvalue weighted by Gasteiger charge is 2.32. The quantitative estimate of drug-likeness (QED) is 0.569. The zero-order chi connectivity index (χ0) is 19.1. The lowest BCUT2D eigenvalue weighted by Crippen LogP contribution is -2.45. The molecule has 0 fully saturated rings. The molecule has 0 atom stereocenters. The van der Waals surface area contributed by atoms with Crippen molar-refractivity contribution in [3.05, 3.63) is 17.0 Å². The molecule has 0 aliphatic heterocycles. The number of hydrogen-bond donors (Lipinski definition) is 2. The minimum Gasteiger partial charge on any atom is -0.355 e. The Morgan fingerprint density at radius 3 is 2.23 bits per heavy atom. The predicted octanol–water partition coefficient (Wildman–Crippen LogP) is 2.62. The number of nitrogens with zero attached hydrogens (tertiary/aromatic N) is 1. The molecule has 0 spiro atoms. The van der Waals surface area contributed by atoms with Crippen molar-refractivity contribution in [2.45, 2.75) is 51.2 Å². The Morgan fingerprint density at radius 2 is 1.77 bits per heavy atom. The van der Waals surface area contributed by atoms with Crippen molar-refractivity contribution in [1.29, 1.82) is 0 Å². The summed E-state index contributed by atoms with van der Waals surface area (Å²) in [5, 5.41) is 2.95. The van der Waals surface area contributed by atoms with Gasteiger partial charge < -0.3 is 11.1 Å². The lowest BCUT2D eigenvalue weighted by atomic mass is 9.81. The molecule has 0 radical (unpaired) electrons. The maximum atomic E-state index is 12.5. The monoisotopic (exact) mass is 425 g/mol. The molecular formula is C17H32ClN3O3S2. The van der Waals surface area contributed by atoms with E-state index in [1.54, 1.807) is 6.07 Å². The Hall–Kier alpha value is -0.670. The molecule has 0 aliphatic rings. The minimum atomic E-state index is -3.41. The van der Waals surface area contributed by atoms with Crippen LogP contribution in [-0.4, -0.2) is 44.8 Å². The Labute approximate surface area is 168 Å². The molecule has 3 N–H and O–H groups in total. The van der Waals surface area contributed by atoms with Gasteiger partial charge in [-0.3, -0.25) is 4.79 Å². The summed E-state index contributed by atoms with van der Waals surface area (Å²) in [6.07, 6.45) is 2.02. The molecule has 1 aromatic heterocycles. The third-order valence-corrected chi connectivity index (χ3v) is 8.48. The van der Waals surface area contributed by atoms with Crippen LogP contribution in [0, 0.1) is 5.41 Å². The molecule has 1 aromatic rings. The van der Waals surface area contributed by atoms with Crippen LogP contribution in [0.25, 0.3) is 0 Å². The van der Waals surface area contributed by atoms with Crippen LogP contribution >= 0.6 is 23.7 Å². The summed E-state index contributed by atoms with van der Waals surface area (Å²) in [5.74, 6) is -0.0208. The van der Waals surface area contributed by atoms with Crippen LogP contribution in [0.3, 0.4) is 0 Å². The van der Waals surface area contributed by atoms with E-state index in [1.165, 1.54) is 15.6 Å². The van der Waals surface area contributed by atoms with E-state index in [-0.39, 0.29) is 18.3 Å². The second-order valence-corrected chi connectivity index (χ2v) is 9.34. The Morgan fingerprint density at radius 1 is 1.19 bits per heavy atom. The molecule has 0 saturated carbocycles. The molecule has 1 amide bonds.